The summed E-state index contributed by atoms with van der Waals surface area (Å²) in [4.78, 5) is 26.2. The van der Waals surface area contributed by atoms with Crippen molar-refractivity contribution in [3.05, 3.63) is 54.4 Å². The number of carboxylic acids is 1. The van der Waals surface area contributed by atoms with E-state index in [4.69, 9.17) is 9.47 Å². The molecule has 130 valence electrons. The van der Waals surface area contributed by atoms with E-state index in [1.807, 2.05) is 0 Å². The maximum Gasteiger partial charge on any atom is 0.271 e. The third kappa shape index (κ3) is 5.94. The number of hydrogen-bond donors (Lipinski definition) is 1. The van der Waals surface area contributed by atoms with Crippen LogP contribution in [0, 0.1) is 0 Å². The van der Waals surface area contributed by atoms with Gasteiger partial charge in [-0.1, -0.05) is 12.1 Å². The topological polar surface area (TPSA) is 113 Å². The van der Waals surface area contributed by atoms with Crippen molar-refractivity contribution in [3.63, 3.8) is 0 Å². The summed E-state index contributed by atoms with van der Waals surface area (Å²) in [5.74, 6) is -1.05. The molecule has 0 aliphatic heterocycles. The second-order valence-corrected chi connectivity index (χ2v) is 4.92. The molecule has 8 nitrogen and oxygen atoms in total. The lowest BCUT2D eigenvalue weighted by Crippen LogP contribution is -2.29. The number of carbonyl (C=O) groups is 2. The maximum atomic E-state index is 11.9. The summed E-state index contributed by atoms with van der Waals surface area (Å²) in [5.41, 5.74) is 3.36. The molecule has 8 heteroatoms. The van der Waals surface area contributed by atoms with Crippen molar-refractivity contribution in [2.24, 2.45) is 5.10 Å². The van der Waals surface area contributed by atoms with E-state index in [-0.39, 0.29) is 18.3 Å². The van der Waals surface area contributed by atoms with Gasteiger partial charge in [-0.25, -0.2) is 5.43 Å². The van der Waals surface area contributed by atoms with Gasteiger partial charge in [-0.2, -0.15) is 5.10 Å². The smallest absolute Gasteiger partial charge is 0.271 e. The molecule has 0 atom stereocenters. The second kappa shape index (κ2) is 9.02. The number of aromatic nitrogens is 1. The number of carbonyl (C=O) groups excluding carboxylic acids is 2. The van der Waals surface area contributed by atoms with Crippen LogP contribution in [0.2, 0.25) is 0 Å². The van der Waals surface area contributed by atoms with Crippen LogP contribution in [-0.4, -0.2) is 35.8 Å². The third-order valence-corrected chi connectivity index (χ3v) is 2.92. The van der Waals surface area contributed by atoms with E-state index in [0.29, 0.717) is 17.0 Å². The van der Waals surface area contributed by atoms with Gasteiger partial charge in [-0.15, -0.1) is 0 Å². The van der Waals surface area contributed by atoms with Crippen molar-refractivity contribution < 1.29 is 24.2 Å². The number of pyridine rings is 1. The van der Waals surface area contributed by atoms with Gasteiger partial charge in [0, 0.05) is 18.0 Å². The Morgan fingerprint density at radius 3 is 2.28 bits per heavy atom. The fourth-order valence-electron chi connectivity index (χ4n) is 1.75. The predicted molar refractivity (Wildman–Crippen MR) is 87.3 cm³/mol. The molecule has 0 unspecified atom stereocenters. The molecule has 1 N–H and O–H groups in total. The molecular formula is C17H16N3O5-. The molecule has 0 aliphatic rings. The van der Waals surface area contributed by atoms with Crippen LogP contribution in [0.4, 0.5) is 0 Å². The number of benzene rings is 1. The van der Waals surface area contributed by atoms with E-state index in [0.717, 1.165) is 0 Å². The van der Waals surface area contributed by atoms with Crippen molar-refractivity contribution >= 4 is 17.6 Å². The summed E-state index contributed by atoms with van der Waals surface area (Å²) in [7, 11) is 0. The number of hydrazone groups is 1. The average molecular weight is 342 g/mol. The van der Waals surface area contributed by atoms with Crippen LogP contribution in [0.3, 0.4) is 0 Å². The lowest BCUT2D eigenvalue weighted by Gasteiger charge is -2.12. The van der Waals surface area contributed by atoms with Gasteiger partial charge >= 0.3 is 0 Å². The molecule has 0 aliphatic carbocycles. The number of para-hydroxylation sites is 2. The minimum atomic E-state index is -1.33. The molecule has 0 fully saturated rings. The van der Waals surface area contributed by atoms with E-state index in [2.05, 4.69) is 15.5 Å². The molecule has 0 radical (unpaired) electrons. The van der Waals surface area contributed by atoms with Crippen LogP contribution >= 0.6 is 0 Å². The number of carboxylic acid groups (broad SMARTS) is 1. The van der Waals surface area contributed by atoms with Gasteiger partial charge < -0.3 is 19.4 Å². The Bertz CT molecular complexity index is 762. The number of ether oxygens (including phenoxy) is 2. The molecule has 1 amide bonds. The van der Waals surface area contributed by atoms with Crippen LogP contribution in [0.15, 0.2) is 53.9 Å². The van der Waals surface area contributed by atoms with Gasteiger partial charge in [0.2, 0.25) is 0 Å². The normalized spacial score (nSPS) is 10.8. The number of rotatable bonds is 8. The van der Waals surface area contributed by atoms with Crippen molar-refractivity contribution in [1.29, 1.82) is 0 Å². The van der Waals surface area contributed by atoms with Gasteiger partial charge in [0.05, 0.1) is 11.7 Å². The molecule has 1 heterocycles. The molecule has 0 saturated carbocycles. The first kappa shape index (κ1) is 17.9. The van der Waals surface area contributed by atoms with E-state index < -0.39 is 12.6 Å². The Balaban J connectivity index is 1.90. The Hall–Kier alpha value is -3.42. The third-order valence-electron chi connectivity index (χ3n) is 2.92. The molecule has 1 aromatic heterocycles. The Morgan fingerprint density at radius 1 is 1.08 bits per heavy atom. The molecule has 25 heavy (non-hydrogen) atoms. The van der Waals surface area contributed by atoms with Crippen molar-refractivity contribution in [2.45, 2.75) is 6.92 Å². The number of nitrogens with one attached hydrogen (secondary N) is 1. The molecule has 1 aromatic carbocycles. The van der Waals surface area contributed by atoms with Crippen LogP contribution in [0.25, 0.3) is 0 Å². The van der Waals surface area contributed by atoms with Gasteiger partial charge in [-0.05, 0) is 31.2 Å². The summed E-state index contributed by atoms with van der Waals surface area (Å²) < 4.78 is 10.6. The highest BCUT2D eigenvalue weighted by atomic mass is 16.5. The summed E-state index contributed by atoms with van der Waals surface area (Å²) in [6.07, 6.45) is 3.02. The summed E-state index contributed by atoms with van der Waals surface area (Å²) in [6, 6.07) is 9.76. The van der Waals surface area contributed by atoms with Gasteiger partial charge in [-0.3, -0.25) is 9.78 Å². The first-order valence-electron chi connectivity index (χ1n) is 7.34. The van der Waals surface area contributed by atoms with E-state index in [9.17, 15) is 14.7 Å². The van der Waals surface area contributed by atoms with Crippen molar-refractivity contribution in [2.75, 3.05) is 13.2 Å². The minimum Gasteiger partial charge on any atom is -0.546 e. The molecular weight excluding hydrogens is 326 g/mol. The lowest BCUT2D eigenvalue weighted by molar-refractivity contribution is -0.307. The Kier molecular flexibility index (Phi) is 6.47. The summed E-state index contributed by atoms with van der Waals surface area (Å²) >= 11 is 0. The molecule has 2 aromatic rings. The highest BCUT2D eigenvalue weighted by Gasteiger charge is 2.06. The Morgan fingerprint density at radius 2 is 1.68 bits per heavy atom. The van der Waals surface area contributed by atoms with Crippen molar-refractivity contribution in [1.82, 2.24) is 10.4 Å². The predicted octanol–water partition coefficient (Wildman–Crippen LogP) is 0.395. The SMILES string of the molecule is C/C(COc1ccccc1OCC(=O)[O-])=N/NC(=O)c1ccncc1. The Labute approximate surface area is 144 Å². The standard InChI is InChI=1S/C17H17N3O5/c1-12(19-20-17(23)13-6-8-18-9-7-13)10-24-14-4-2-3-5-15(14)25-11-16(21)22/h2-9H,10-11H2,1H3,(H,20,23)(H,21,22)/p-1/b19-12-. The first-order chi connectivity index (χ1) is 12.1. The van der Waals surface area contributed by atoms with Crippen LogP contribution in [-0.2, 0) is 4.79 Å². The molecule has 0 spiro atoms. The van der Waals surface area contributed by atoms with Crippen LogP contribution in [0.1, 0.15) is 17.3 Å². The molecule has 0 bridgehead atoms. The molecule has 0 saturated heterocycles. The highest BCUT2D eigenvalue weighted by Crippen LogP contribution is 2.26. The zero-order valence-corrected chi connectivity index (χ0v) is 13.5. The lowest BCUT2D eigenvalue weighted by atomic mass is 10.3. The van der Waals surface area contributed by atoms with E-state index >= 15 is 0 Å². The van der Waals surface area contributed by atoms with Crippen LogP contribution < -0.4 is 20.0 Å². The quantitative estimate of drug-likeness (QED) is 0.549. The highest BCUT2D eigenvalue weighted by molar-refractivity contribution is 5.95. The first-order valence-corrected chi connectivity index (χ1v) is 7.34. The van der Waals surface area contributed by atoms with Crippen molar-refractivity contribution in [3.8, 4) is 11.5 Å². The number of amides is 1. The monoisotopic (exact) mass is 342 g/mol. The average Bonchev–Trinajstić information content (AvgIpc) is 2.64. The number of nitrogens with zero attached hydrogens (tertiary/aromatic N) is 2. The maximum absolute atomic E-state index is 11.9. The summed E-state index contributed by atoms with van der Waals surface area (Å²) in [5, 5.41) is 14.4. The molecule has 2 rings (SSSR count). The fourth-order valence-corrected chi connectivity index (χ4v) is 1.75. The minimum absolute atomic E-state index is 0.0856. The fraction of sp³-hybridized carbons (Fsp3) is 0.176. The zero-order chi connectivity index (χ0) is 18.1. The zero-order valence-electron chi connectivity index (χ0n) is 13.5. The van der Waals surface area contributed by atoms with E-state index in [1.54, 1.807) is 43.3 Å². The number of aliphatic carboxylic acids is 1. The van der Waals surface area contributed by atoms with Gasteiger partial charge in [0.15, 0.2) is 11.5 Å². The van der Waals surface area contributed by atoms with E-state index in [1.165, 1.54) is 12.4 Å². The number of hydrogen-bond acceptors (Lipinski definition) is 7. The second-order valence-electron chi connectivity index (χ2n) is 4.92. The van der Waals surface area contributed by atoms with Gasteiger partial charge in [0.1, 0.15) is 13.2 Å². The largest absolute Gasteiger partial charge is 0.546 e. The van der Waals surface area contributed by atoms with Crippen LogP contribution in [0.5, 0.6) is 11.5 Å². The summed E-state index contributed by atoms with van der Waals surface area (Å²) in [6.45, 7) is 1.19. The van der Waals surface area contributed by atoms with Gasteiger partial charge in [0.25, 0.3) is 5.91 Å².